The van der Waals surface area contributed by atoms with Crippen LogP contribution in [0.25, 0.3) is 0 Å². The monoisotopic (exact) mass is 318 g/mol. The summed E-state index contributed by atoms with van der Waals surface area (Å²) in [5.74, 6) is 0.591. The second-order valence-electron chi connectivity index (χ2n) is 4.90. The van der Waals surface area contributed by atoms with Crippen molar-refractivity contribution in [1.82, 2.24) is 5.16 Å². The lowest BCUT2D eigenvalue weighted by Gasteiger charge is -2.08. The van der Waals surface area contributed by atoms with Crippen molar-refractivity contribution in [1.29, 1.82) is 0 Å². The van der Waals surface area contributed by atoms with Crippen LogP contribution in [0.5, 0.6) is 5.75 Å². The highest BCUT2D eigenvalue weighted by molar-refractivity contribution is 5.91. The largest absolute Gasteiger partial charge is 0.493 e. The summed E-state index contributed by atoms with van der Waals surface area (Å²) in [4.78, 5) is 23.1. The van der Waals surface area contributed by atoms with Crippen molar-refractivity contribution < 1.29 is 23.6 Å². The van der Waals surface area contributed by atoms with Gasteiger partial charge in [0.05, 0.1) is 13.0 Å². The van der Waals surface area contributed by atoms with Crippen molar-refractivity contribution in [3.05, 3.63) is 41.7 Å². The van der Waals surface area contributed by atoms with E-state index in [-0.39, 0.29) is 25.5 Å². The number of nitrogens with zero attached hydrogens (tertiary/aromatic N) is 1. The molecule has 0 spiro atoms. The number of nitrogens with one attached hydrogen (secondary N) is 1. The van der Waals surface area contributed by atoms with Crippen molar-refractivity contribution >= 4 is 17.7 Å². The number of aryl methyl sites for hydroxylation is 2. The zero-order valence-corrected chi connectivity index (χ0v) is 13.0. The Bertz CT molecular complexity index is 681. The van der Waals surface area contributed by atoms with Crippen LogP contribution in [0.1, 0.15) is 17.7 Å². The van der Waals surface area contributed by atoms with Crippen LogP contribution in [-0.4, -0.2) is 30.2 Å². The molecular weight excluding hydrogens is 300 g/mol. The maximum atomic E-state index is 11.6. The molecule has 0 aliphatic rings. The van der Waals surface area contributed by atoms with Crippen LogP contribution < -0.4 is 10.1 Å². The predicted octanol–water partition coefficient (Wildman–Crippen LogP) is 2.24. The van der Waals surface area contributed by atoms with Crippen molar-refractivity contribution in [3.63, 3.8) is 0 Å². The number of esters is 1. The Morgan fingerprint density at radius 2 is 2.04 bits per heavy atom. The molecule has 7 heteroatoms. The molecule has 1 aromatic heterocycles. The summed E-state index contributed by atoms with van der Waals surface area (Å²) >= 11 is 0. The highest BCUT2D eigenvalue weighted by atomic mass is 16.5. The van der Waals surface area contributed by atoms with Crippen LogP contribution in [-0.2, 0) is 14.3 Å². The van der Waals surface area contributed by atoms with Crippen molar-refractivity contribution in [2.75, 3.05) is 18.5 Å². The zero-order chi connectivity index (χ0) is 16.7. The van der Waals surface area contributed by atoms with E-state index in [1.165, 1.54) is 0 Å². The summed E-state index contributed by atoms with van der Waals surface area (Å²) in [7, 11) is 0. The van der Waals surface area contributed by atoms with E-state index in [2.05, 4.69) is 10.5 Å². The van der Waals surface area contributed by atoms with Gasteiger partial charge >= 0.3 is 5.97 Å². The van der Waals surface area contributed by atoms with Crippen molar-refractivity contribution in [2.24, 2.45) is 0 Å². The molecule has 0 aliphatic carbocycles. The molecule has 0 saturated carbocycles. The molecule has 0 saturated heterocycles. The lowest BCUT2D eigenvalue weighted by molar-refractivity contribution is -0.147. The molecule has 23 heavy (non-hydrogen) atoms. The lowest BCUT2D eigenvalue weighted by Crippen LogP contribution is -2.21. The van der Waals surface area contributed by atoms with Gasteiger partial charge in [0, 0.05) is 6.07 Å². The van der Waals surface area contributed by atoms with E-state index in [4.69, 9.17) is 14.0 Å². The molecule has 1 N–H and O–H groups in total. The summed E-state index contributed by atoms with van der Waals surface area (Å²) in [5.41, 5.74) is 0.989. The number of anilines is 1. The molecule has 0 aliphatic heterocycles. The Hall–Kier alpha value is -2.83. The molecule has 1 heterocycles. The number of hydrogen-bond donors (Lipinski definition) is 1. The molecule has 0 fully saturated rings. The van der Waals surface area contributed by atoms with E-state index in [0.29, 0.717) is 5.76 Å². The highest BCUT2D eigenvalue weighted by Gasteiger charge is 2.10. The Kier molecular flexibility index (Phi) is 5.74. The van der Waals surface area contributed by atoms with Gasteiger partial charge in [-0.1, -0.05) is 23.4 Å². The molecule has 2 aromatic rings. The summed E-state index contributed by atoms with van der Waals surface area (Å²) in [6, 6.07) is 9.08. The van der Waals surface area contributed by atoms with Crippen LogP contribution in [0, 0.1) is 13.8 Å². The first-order valence-corrected chi connectivity index (χ1v) is 7.12. The molecule has 0 unspecified atom stereocenters. The van der Waals surface area contributed by atoms with E-state index in [1.54, 1.807) is 13.0 Å². The van der Waals surface area contributed by atoms with Gasteiger partial charge in [-0.2, -0.15) is 0 Å². The minimum absolute atomic E-state index is 0.0602. The number of rotatable bonds is 7. The Morgan fingerprint density at radius 3 is 2.74 bits per heavy atom. The van der Waals surface area contributed by atoms with E-state index in [0.717, 1.165) is 11.3 Å². The summed E-state index contributed by atoms with van der Waals surface area (Å²) in [6.45, 7) is 3.43. The fourth-order valence-electron chi connectivity index (χ4n) is 1.79. The molecule has 0 bridgehead atoms. The highest BCUT2D eigenvalue weighted by Crippen LogP contribution is 2.16. The molecule has 7 nitrogen and oxygen atoms in total. The third-order valence-electron chi connectivity index (χ3n) is 2.92. The second-order valence-corrected chi connectivity index (χ2v) is 4.90. The van der Waals surface area contributed by atoms with Crippen molar-refractivity contribution in [3.8, 4) is 5.75 Å². The standard InChI is InChI=1S/C16H18N2O5/c1-11-5-3-4-6-13(11)21-8-7-16(20)22-10-15(19)17-14-9-12(2)23-18-14/h3-6,9H,7-8,10H2,1-2H3,(H,17,18,19). The molecule has 0 atom stereocenters. The molecular formula is C16H18N2O5. The van der Waals surface area contributed by atoms with Gasteiger partial charge in [0.2, 0.25) is 0 Å². The fourth-order valence-corrected chi connectivity index (χ4v) is 1.79. The van der Waals surface area contributed by atoms with Gasteiger partial charge in [-0.05, 0) is 25.5 Å². The first-order chi connectivity index (χ1) is 11.0. The number of aromatic nitrogens is 1. The maximum Gasteiger partial charge on any atom is 0.309 e. The van der Waals surface area contributed by atoms with Crippen LogP contribution >= 0.6 is 0 Å². The number of hydrogen-bond acceptors (Lipinski definition) is 6. The van der Waals surface area contributed by atoms with Crippen LogP contribution in [0.3, 0.4) is 0 Å². The molecule has 122 valence electrons. The van der Waals surface area contributed by atoms with Crippen LogP contribution in [0.15, 0.2) is 34.9 Å². The fraction of sp³-hybridized carbons (Fsp3) is 0.312. The van der Waals surface area contributed by atoms with Gasteiger partial charge in [-0.25, -0.2) is 0 Å². The predicted molar refractivity (Wildman–Crippen MR) is 82.1 cm³/mol. The number of ether oxygens (including phenoxy) is 2. The quantitative estimate of drug-likeness (QED) is 0.787. The Balaban J connectivity index is 1.65. The molecule has 1 amide bonds. The van der Waals surface area contributed by atoms with Gasteiger partial charge < -0.3 is 19.3 Å². The first-order valence-electron chi connectivity index (χ1n) is 7.12. The number of amides is 1. The summed E-state index contributed by atoms with van der Waals surface area (Å²) in [6.07, 6.45) is 0.0602. The minimum atomic E-state index is -0.509. The lowest BCUT2D eigenvalue weighted by atomic mass is 10.2. The maximum absolute atomic E-state index is 11.6. The number of para-hydroxylation sites is 1. The molecule has 0 radical (unpaired) electrons. The van der Waals surface area contributed by atoms with Gasteiger partial charge in [0.1, 0.15) is 11.5 Å². The topological polar surface area (TPSA) is 90.7 Å². The third-order valence-corrected chi connectivity index (χ3v) is 2.92. The third kappa shape index (κ3) is 5.46. The zero-order valence-electron chi connectivity index (χ0n) is 13.0. The average Bonchev–Trinajstić information content (AvgIpc) is 2.92. The summed E-state index contributed by atoms with van der Waals surface area (Å²) < 4.78 is 15.2. The van der Waals surface area contributed by atoms with Gasteiger partial charge in [0.25, 0.3) is 5.91 Å². The van der Waals surface area contributed by atoms with E-state index in [9.17, 15) is 9.59 Å². The Labute approximate surface area is 133 Å². The summed E-state index contributed by atoms with van der Waals surface area (Å²) in [5, 5.41) is 6.06. The van der Waals surface area contributed by atoms with Crippen molar-refractivity contribution in [2.45, 2.75) is 20.3 Å². The number of carbonyl (C=O) groups is 2. The normalized spacial score (nSPS) is 10.2. The number of carbonyl (C=O) groups excluding carboxylic acids is 2. The van der Waals surface area contributed by atoms with Gasteiger partial charge in [-0.15, -0.1) is 0 Å². The Morgan fingerprint density at radius 1 is 1.26 bits per heavy atom. The average molecular weight is 318 g/mol. The van der Waals surface area contributed by atoms with E-state index >= 15 is 0 Å². The van der Waals surface area contributed by atoms with Gasteiger partial charge in [-0.3, -0.25) is 9.59 Å². The van der Waals surface area contributed by atoms with E-state index in [1.807, 2.05) is 31.2 Å². The second kappa shape index (κ2) is 7.98. The van der Waals surface area contributed by atoms with Gasteiger partial charge in [0.15, 0.2) is 12.4 Å². The number of benzene rings is 1. The minimum Gasteiger partial charge on any atom is -0.493 e. The first kappa shape index (κ1) is 16.5. The molecule has 1 aromatic carbocycles. The molecule has 2 rings (SSSR count). The SMILES string of the molecule is Cc1cc(NC(=O)COC(=O)CCOc2ccccc2C)no1. The van der Waals surface area contributed by atoms with Crippen LogP contribution in [0.4, 0.5) is 5.82 Å². The smallest absolute Gasteiger partial charge is 0.309 e. The van der Waals surface area contributed by atoms with Crippen LogP contribution in [0.2, 0.25) is 0 Å². The van der Waals surface area contributed by atoms with E-state index < -0.39 is 11.9 Å².